The third-order valence-corrected chi connectivity index (χ3v) is 4.19. The van der Waals surface area contributed by atoms with Crippen molar-refractivity contribution in [2.75, 3.05) is 11.9 Å². The van der Waals surface area contributed by atoms with Crippen molar-refractivity contribution in [3.63, 3.8) is 0 Å². The predicted octanol–water partition coefficient (Wildman–Crippen LogP) is 3.29. The minimum Gasteiger partial charge on any atom is -0.452 e. The Hall–Kier alpha value is -3.72. The van der Waals surface area contributed by atoms with Gasteiger partial charge in [-0.3, -0.25) is 19.6 Å². The van der Waals surface area contributed by atoms with Crippen LogP contribution < -0.4 is 5.32 Å². The summed E-state index contributed by atoms with van der Waals surface area (Å²) >= 11 is 5.92. The van der Waals surface area contributed by atoms with Gasteiger partial charge in [0.25, 0.3) is 11.6 Å². The van der Waals surface area contributed by atoms with Crippen molar-refractivity contribution < 1.29 is 19.2 Å². The molecule has 0 aliphatic carbocycles. The van der Waals surface area contributed by atoms with Crippen molar-refractivity contribution in [2.24, 2.45) is 0 Å². The minimum absolute atomic E-state index is 0.0601. The van der Waals surface area contributed by atoms with Gasteiger partial charge in [-0.1, -0.05) is 23.7 Å². The van der Waals surface area contributed by atoms with Gasteiger partial charge in [-0.05, 0) is 29.8 Å². The normalized spacial score (nSPS) is 10.4. The number of benzene rings is 2. The number of nitrogens with one attached hydrogen (secondary N) is 1. The molecule has 1 amide bonds. The summed E-state index contributed by atoms with van der Waals surface area (Å²) in [4.78, 5) is 34.3. The second kappa shape index (κ2) is 8.98. The fourth-order valence-corrected chi connectivity index (χ4v) is 2.62. The molecule has 1 aromatic heterocycles. The molecule has 0 saturated carbocycles. The molecule has 148 valence electrons. The zero-order valence-electron chi connectivity index (χ0n) is 14.9. The van der Waals surface area contributed by atoms with Crippen LogP contribution in [-0.4, -0.2) is 33.2 Å². The van der Waals surface area contributed by atoms with Crippen LogP contribution in [0.4, 0.5) is 11.4 Å². The van der Waals surface area contributed by atoms with E-state index in [9.17, 15) is 19.7 Å². The number of carbonyl (C=O) groups excluding carboxylic acids is 2. The van der Waals surface area contributed by atoms with Crippen LogP contribution in [0, 0.1) is 10.1 Å². The molecule has 1 N–H and O–H groups in total. The number of anilines is 1. The number of non-ortho nitro benzene ring substituents is 1. The molecule has 0 aliphatic rings. The Labute approximate surface area is 170 Å². The summed E-state index contributed by atoms with van der Waals surface area (Å²) in [5.41, 5.74) is 1.07. The van der Waals surface area contributed by atoms with Crippen LogP contribution in [-0.2, 0) is 16.1 Å². The van der Waals surface area contributed by atoms with Crippen LogP contribution in [0.3, 0.4) is 0 Å². The van der Waals surface area contributed by atoms with Gasteiger partial charge >= 0.3 is 5.97 Å². The summed E-state index contributed by atoms with van der Waals surface area (Å²) < 4.78 is 6.73. The largest absolute Gasteiger partial charge is 0.452 e. The average Bonchev–Trinajstić information content (AvgIpc) is 3.21. The number of carbonyl (C=O) groups is 2. The summed E-state index contributed by atoms with van der Waals surface area (Å²) in [5, 5.41) is 17.4. The summed E-state index contributed by atoms with van der Waals surface area (Å²) in [6, 6.07) is 12.2. The number of nitro benzene ring substituents is 1. The van der Waals surface area contributed by atoms with Gasteiger partial charge in [-0.25, -0.2) is 4.79 Å². The molecule has 3 rings (SSSR count). The van der Waals surface area contributed by atoms with E-state index in [0.29, 0.717) is 6.54 Å². The second-order valence-electron chi connectivity index (χ2n) is 5.95. The molecule has 3 aromatic rings. The van der Waals surface area contributed by atoms with Crippen LogP contribution in [0.25, 0.3) is 0 Å². The molecule has 0 saturated heterocycles. The van der Waals surface area contributed by atoms with E-state index in [1.54, 1.807) is 35.1 Å². The van der Waals surface area contributed by atoms with E-state index < -0.39 is 23.4 Å². The Bertz CT molecular complexity index is 1040. The average molecular weight is 415 g/mol. The van der Waals surface area contributed by atoms with Gasteiger partial charge < -0.3 is 10.1 Å². The lowest BCUT2D eigenvalue weighted by Crippen LogP contribution is -2.21. The molecule has 1 heterocycles. The molecule has 0 aliphatic heterocycles. The Morgan fingerprint density at radius 1 is 1.21 bits per heavy atom. The second-order valence-corrected chi connectivity index (χ2v) is 6.35. The topological polar surface area (TPSA) is 116 Å². The number of hydrogen-bond acceptors (Lipinski definition) is 6. The van der Waals surface area contributed by atoms with Crippen molar-refractivity contribution >= 4 is 34.9 Å². The summed E-state index contributed by atoms with van der Waals surface area (Å²) in [5.74, 6) is -1.34. The molecular weight excluding hydrogens is 400 g/mol. The first kappa shape index (κ1) is 20.0. The zero-order valence-corrected chi connectivity index (χ0v) is 15.7. The van der Waals surface area contributed by atoms with Gasteiger partial charge in [0.05, 0.1) is 27.7 Å². The molecule has 9 nitrogen and oxygen atoms in total. The highest BCUT2D eigenvalue weighted by Crippen LogP contribution is 2.26. The monoisotopic (exact) mass is 414 g/mol. The SMILES string of the molecule is O=C(COC(=O)c1ccc(Cn2cccn2)cc1)Nc1cc([N+](=O)[O-])ccc1Cl. The number of nitrogens with zero attached hydrogens (tertiary/aromatic N) is 3. The maximum absolute atomic E-state index is 12.1. The third-order valence-electron chi connectivity index (χ3n) is 3.86. The molecular formula is C19H15ClN4O5. The first-order valence-electron chi connectivity index (χ1n) is 8.39. The van der Waals surface area contributed by atoms with Crippen LogP contribution in [0.1, 0.15) is 15.9 Å². The lowest BCUT2D eigenvalue weighted by molar-refractivity contribution is -0.384. The molecule has 0 radical (unpaired) electrons. The molecule has 0 unspecified atom stereocenters. The Balaban J connectivity index is 1.54. The van der Waals surface area contributed by atoms with E-state index in [4.69, 9.17) is 16.3 Å². The maximum atomic E-state index is 12.1. The van der Waals surface area contributed by atoms with Gasteiger partial charge in [0.1, 0.15) is 0 Å². The van der Waals surface area contributed by atoms with E-state index in [1.165, 1.54) is 12.1 Å². The summed E-state index contributed by atoms with van der Waals surface area (Å²) in [7, 11) is 0. The lowest BCUT2D eigenvalue weighted by atomic mass is 10.1. The number of nitro groups is 1. The number of halogens is 1. The molecule has 0 atom stereocenters. The lowest BCUT2D eigenvalue weighted by Gasteiger charge is -2.08. The van der Waals surface area contributed by atoms with Gasteiger partial charge in [0, 0.05) is 24.5 Å². The third kappa shape index (κ3) is 5.39. The van der Waals surface area contributed by atoms with Crippen molar-refractivity contribution in [1.29, 1.82) is 0 Å². The smallest absolute Gasteiger partial charge is 0.338 e. The highest BCUT2D eigenvalue weighted by atomic mass is 35.5. The fourth-order valence-electron chi connectivity index (χ4n) is 2.45. The Morgan fingerprint density at radius 3 is 2.62 bits per heavy atom. The molecule has 29 heavy (non-hydrogen) atoms. The van der Waals surface area contributed by atoms with Crippen molar-refractivity contribution in [3.8, 4) is 0 Å². The number of amides is 1. The van der Waals surface area contributed by atoms with Gasteiger partial charge in [-0.15, -0.1) is 0 Å². The number of hydrogen-bond donors (Lipinski definition) is 1. The van der Waals surface area contributed by atoms with Crippen LogP contribution in [0.2, 0.25) is 5.02 Å². The molecule has 2 aromatic carbocycles. The number of rotatable bonds is 7. The quantitative estimate of drug-likeness (QED) is 0.360. The fraction of sp³-hybridized carbons (Fsp3) is 0.105. The van der Waals surface area contributed by atoms with E-state index in [2.05, 4.69) is 10.4 Å². The van der Waals surface area contributed by atoms with Gasteiger partial charge in [0.15, 0.2) is 6.61 Å². The van der Waals surface area contributed by atoms with Gasteiger partial charge in [0.2, 0.25) is 0 Å². The van der Waals surface area contributed by atoms with E-state index in [1.807, 2.05) is 12.3 Å². The standard InChI is InChI=1S/C19H15ClN4O5/c20-16-7-6-15(24(27)28)10-17(16)22-18(25)12-29-19(26)14-4-2-13(3-5-14)11-23-9-1-8-21-23/h1-10H,11-12H2,(H,22,25). The van der Waals surface area contributed by atoms with Gasteiger partial charge in [-0.2, -0.15) is 5.10 Å². The summed E-state index contributed by atoms with van der Waals surface area (Å²) in [6.45, 7) is 0.00159. The highest BCUT2D eigenvalue weighted by Gasteiger charge is 2.14. The summed E-state index contributed by atoms with van der Waals surface area (Å²) in [6.07, 6.45) is 3.51. The highest BCUT2D eigenvalue weighted by molar-refractivity contribution is 6.33. The molecule has 0 fully saturated rings. The Kier molecular flexibility index (Phi) is 6.20. The number of aromatic nitrogens is 2. The number of esters is 1. The van der Waals surface area contributed by atoms with Crippen LogP contribution >= 0.6 is 11.6 Å². The maximum Gasteiger partial charge on any atom is 0.338 e. The molecule has 0 bridgehead atoms. The zero-order chi connectivity index (χ0) is 20.8. The number of ether oxygens (including phenoxy) is 1. The molecule has 0 spiro atoms. The van der Waals surface area contributed by atoms with Crippen molar-refractivity contribution in [3.05, 3.63) is 87.2 Å². The van der Waals surface area contributed by atoms with E-state index >= 15 is 0 Å². The molecule has 10 heteroatoms. The minimum atomic E-state index is -0.670. The van der Waals surface area contributed by atoms with Crippen molar-refractivity contribution in [1.82, 2.24) is 9.78 Å². The van der Waals surface area contributed by atoms with Crippen LogP contribution in [0.5, 0.6) is 0 Å². The Morgan fingerprint density at radius 2 is 1.97 bits per heavy atom. The first-order valence-corrected chi connectivity index (χ1v) is 8.77. The van der Waals surface area contributed by atoms with Crippen molar-refractivity contribution in [2.45, 2.75) is 6.54 Å². The first-order chi connectivity index (χ1) is 13.9. The van der Waals surface area contributed by atoms with E-state index in [-0.39, 0.29) is 22.0 Å². The van der Waals surface area contributed by atoms with Crippen LogP contribution in [0.15, 0.2) is 60.9 Å². The predicted molar refractivity (Wildman–Crippen MR) is 105 cm³/mol. The van der Waals surface area contributed by atoms with E-state index in [0.717, 1.165) is 11.6 Å².